The van der Waals surface area contributed by atoms with Gasteiger partial charge >= 0.3 is 0 Å². The number of benzene rings is 2. The van der Waals surface area contributed by atoms with Gasteiger partial charge in [0.2, 0.25) is 7.85 Å². The molecule has 1 heterocycles. The Morgan fingerprint density at radius 1 is 0.917 bits per heavy atom. The second-order valence-electron chi connectivity index (χ2n) is 6.01. The predicted octanol–water partition coefficient (Wildman–Crippen LogP) is 3.62. The Kier molecular flexibility index (Phi) is 4.79. The van der Waals surface area contributed by atoms with E-state index in [4.69, 9.17) is 0 Å². The number of carbonyl (C=O) groups excluding carboxylic acids is 1. The number of piperidine rings is 1. The Balaban J connectivity index is 2.07. The van der Waals surface area contributed by atoms with Crippen LogP contribution in [-0.2, 0) is 0 Å². The highest BCUT2D eigenvalue weighted by Gasteiger charge is 2.20. The van der Waals surface area contributed by atoms with E-state index >= 15 is 0 Å². The number of hydrogen-bond acceptors (Lipinski definition) is 1. The summed E-state index contributed by atoms with van der Waals surface area (Å²) in [6.07, 6.45) is 1.42. The number of amides is 1. The van der Waals surface area contributed by atoms with Crippen LogP contribution in [0.4, 0.5) is 13.6 Å². The summed E-state index contributed by atoms with van der Waals surface area (Å²) in [5.41, 5.74) is 3.49. The standard InChI is InChI=1S/C19H18BF2NO/c20-19(24)23-8-6-14(7-9-23)18(13-4-2-1-3-5-13)15-10-16(21)12-17(22)11-15/h1-5,10-12H,6-9,20H2. The smallest absolute Gasteiger partial charge is 0.215 e. The van der Waals surface area contributed by atoms with E-state index in [1.807, 2.05) is 30.3 Å². The largest absolute Gasteiger partial charge is 0.351 e. The predicted molar refractivity (Wildman–Crippen MR) is 93.6 cm³/mol. The molecule has 1 aliphatic heterocycles. The zero-order chi connectivity index (χ0) is 17.1. The number of rotatable bonds is 2. The van der Waals surface area contributed by atoms with Gasteiger partial charge in [-0.2, -0.15) is 0 Å². The van der Waals surface area contributed by atoms with Crippen molar-refractivity contribution in [2.75, 3.05) is 13.1 Å². The minimum atomic E-state index is -0.583. The first-order valence-corrected chi connectivity index (χ1v) is 8.04. The molecule has 0 atom stereocenters. The molecule has 0 spiro atoms. The molecule has 5 heteroatoms. The molecule has 1 saturated heterocycles. The van der Waals surface area contributed by atoms with Gasteiger partial charge in [-0.3, -0.25) is 4.79 Å². The van der Waals surface area contributed by atoms with Gasteiger partial charge in [0.15, 0.2) is 5.81 Å². The normalized spacial score (nSPS) is 14.6. The Bertz CT molecular complexity index is 759. The number of likely N-dealkylation sites (tertiary alicyclic amines) is 1. The van der Waals surface area contributed by atoms with Crippen molar-refractivity contribution in [1.82, 2.24) is 4.90 Å². The van der Waals surface area contributed by atoms with Gasteiger partial charge in [-0.15, -0.1) is 0 Å². The summed E-state index contributed by atoms with van der Waals surface area (Å²) in [4.78, 5) is 13.3. The number of nitrogens with zero attached hydrogens (tertiary/aromatic N) is 1. The lowest BCUT2D eigenvalue weighted by Crippen LogP contribution is -2.35. The second kappa shape index (κ2) is 6.99. The van der Waals surface area contributed by atoms with E-state index < -0.39 is 11.6 Å². The second-order valence-corrected chi connectivity index (χ2v) is 6.01. The molecule has 0 saturated carbocycles. The topological polar surface area (TPSA) is 20.3 Å². The van der Waals surface area contributed by atoms with Crippen molar-refractivity contribution in [2.24, 2.45) is 0 Å². The van der Waals surface area contributed by atoms with Crippen molar-refractivity contribution in [3.8, 4) is 0 Å². The van der Waals surface area contributed by atoms with Crippen LogP contribution in [0.25, 0.3) is 5.57 Å². The van der Waals surface area contributed by atoms with Crippen LogP contribution < -0.4 is 0 Å². The molecule has 24 heavy (non-hydrogen) atoms. The van der Waals surface area contributed by atoms with Gasteiger partial charge in [0.05, 0.1) is 0 Å². The molecule has 2 aromatic carbocycles. The zero-order valence-corrected chi connectivity index (χ0v) is 13.6. The molecule has 0 bridgehead atoms. The van der Waals surface area contributed by atoms with Crippen molar-refractivity contribution < 1.29 is 13.6 Å². The van der Waals surface area contributed by atoms with Crippen LogP contribution in [0.2, 0.25) is 0 Å². The Morgan fingerprint density at radius 2 is 1.50 bits per heavy atom. The van der Waals surface area contributed by atoms with Gasteiger partial charge < -0.3 is 4.90 Å². The quantitative estimate of drug-likeness (QED) is 0.773. The Morgan fingerprint density at radius 3 is 2.04 bits per heavy atom. The third-order valence-corrected chi connectivity index (χ3v) is 4.38. The van der Waals surface area contributed by atoms with Crippen molar-refractivity contribution in [3.05, 3.63) is 76.9 Å². The molecule has 0 unspecified atom stereocenters. The molecular formula is C19H18BF2NO. The van der Waals surface area contributed by atoms with E-state index in [9.17, 15) is 13.6 Å². The van der Waals surface area contributed by atoms with Crippen LogP contribution in [0.15, 0.2) is 54.1 Å². The van der Waals surface area contributed by atoms with Crippen LogP contribution in [0.5, 0.6) is 0 Å². The van der Waals surface area contributed by atoms with E-state index in [-0.39, 0.29) is 5.81 Å². The van der Waals surface area contributed by atoms with Crippen LogP contribution >= 0.6 is 0 Å². The minimum absolute atomic E-state index is 0.0621. The van der Waals surface area contributed by atoms with E-state index in [2.05, 4.69) is 0 Å². The summed E-state index contributed by atoms with van der Waals surface area (Å²) < 4.78 is 27.4. The maximum atomic E-state index is 13.7. The van der Waals surface area contributed by atoms with Crippen molar-refractivity contribution in [2.45, 2.75) is 12.8 Å². The third-order valence-electron chi connectivity index (χ3n) is 4.38. The molecule has 0 aromatic heterocycles. The van der Waals surface area contributed by atoms with Gasteiger partial charge in [0.1, 0.15) is 11.6 Å². The molecular weight excluding hydrogens is 307 g/mol. The molecule has 1 aliphatic rings. The summed E-state index contributed by atoms with van der Waals surface area (Å²) >= 11 is 0. The van der Waals surface area contributed by atoms with E-state index in [0.717, 1.165) is 22.8 Å². The Hall–Kier alpha value is -2.43. The van der Waals surface area contributed by atoms with Gasteiger partial charge in [-0.1, -0.05) is 35.9 Å². The highest BCUT2D eigenvalue weighted by molar-refractivity contribution is 6.56. The fourth-order valence-corrected chi connectivity index (χ4v) is 3.22. The molecule has 0 aliphatic carbocycles. The average Bonchev–Trinajstić information content (AvgIpc) is 2.56. The van der Waals surface area contributed by atoms with Crippen LogP contribution in [0.1, 0.15) is 24.0 Å². The average molecular weight is 325 g/mol. The van der Waals surface area contributed by atoms with E-state index in [1.54, 1.807) is 12.7 Å². The van der Waals surface area contributed by atoms with Crippen molar-refractivity contribution >= 4 is 19.2 Å². The summed E-state index contributed by atoms with van der Waals surface area (Å²) in [7, 11) is 1.56. The van der Waals surface area contributed by atoms with Gasteiger partial charge in [-0.05, 0) is 41.7 Å². The molecule has 1 fully saturated rings. The molecule has 0 radical (unpaired) electrons. The number of halogens is 2. The van der Waals surface area contributed by atoms with E-state index in [0.29, 0.717) is 31.5 Å². The summed E-state index contributed by atoms with van der Waals surface area (Å²) in [5, 5.41) is 0. The van der Waals surface area contributed by atoms with Crippen LogP contribution in [-0.4, -0.2) is 31.6 Å². The van der Waals surface area contributed by atoms with Gasteiger partial charge in [-0.25, -0.2) is 8.78 Å². The molecule has 0 N–H and O–H groups in total. The molecule has 1 amide bonds. The van der Waals surface area contributed by atoms with Crippen molar-refractivity contribution in [3.63, 3.8) is 0 Å². The summed E-state index contributed by atoms with van der Waals surface area (Å²) in [5.74, 6) is -1.10. The SMILES string of the molecule is BC(=O)N1CCC(=C(c2ccccc2)c2cc(F)cc(F)c2)CC1. The van der Waals surface area contributed by atoms with E-state index in [1.165, 1.54) is 12.1 Å². The summed E-state index contributed by atoms with van der Waals surface area (Å²) in [6, 6.07) is 13.3. The molecule has 3 rings (SSSR count). The zero-order valence-electron chi connectivity index (χ0n) is 13.6. The first-order valence-electron chi connectivity index (χ1n) is 8.04. The molecule has 2 aromatic rings. The van der Waals surface area contributed by atoms with Gasteiger partial charge in [0, 0.05) is 19.2 Å². The third kappa shape index (κ3) is 3.56. The summed E-state index contributed by atoms with van der Waals surface area (Å²) in [6.45, 7) is 1.28. The fourth-order valence-electron chi connectivity index (χ4n) is 3.22. The number of hydrogen-bond donors (Lipinski definition) is 0. The minimum Gasteiger partial charge on any atom is -0.351 e. The number of carbonyl (C=O) groups is 1. The maximum Gasteiger partial charge on any atom is 0.215 e. The van der Waals surface area contributed by atoms with Crippen LogP contribution in [0, 0.1) is 11.6 Å². The Labute approximate surface area is 141 Å². The lowest BCUT2D eigenvalue weighted by Gasteiger charge is -2.30. The lowest BCUT2D eigenvalue weighted by molar-refractivity contribution is 0.217. The molecule has 122 valence electrons. The monoisotopic (exact) mass is 325 g/mol. The molecule has 2 nitrogen and oxygen atoms in total. The first-order chi connectivity index (χ1) is 11.5. The first kappa shape index (κ1) is 16.4. The van der Waals surface area contributed by atoms with Crippen LogP contribution in [0.3, 0.4) is 0 Å². The fraction of sp³-hybridized carbons (Fsp3) is 0.211. The van der Waals surface area contributed by atoms with Crippen molar-refractivity contribution in [1.29, 1.82) is 0 Å². The lowest BCUT2D eigenvalue weighted by atomic mass is 9.88. The van der Waals surface area contributed by atoms with Gasteiger partial charge in [0.25, 0.3) is 0 Å². The highest BCUT2D eigenvalue weighted by Crippen LogP contribution is 2.33. The maximum absolute atomic E-state index is 13.7. The highest BCUT2D eigenvalue weighted by atomic mass is 19.1.